The van der Waals surface area contributed by atoms with Gasteiger partial charge in [0.15, 0.2) is 5.79 Å². The van der Waals surface area contributed by atoms with Crippen molar-refractivity contribution in [2.75, 3.05) is 39.1 Å². The summed E-state index contributed by atoms with van der Waals surface area (Å²) in [5.41, 5.74) is 7.78. The van der Waals surface area contributed by atoms with Crippen molar-refractivity contribution in [2.24, 2.45) is 0 Å². The molecule has 2 fully saturated rings. The van der Waals surface area contributed by atoms with Gasteiger partial charge < -0.3 is 19.9 Å². The van der Waals surface area contributed by atoms with E-state index in [-0.39, 0.29) is 5.79 Å². The van der Waals surface area contributed by atoms with Crippen molar-refractivity contribution in [3.8, 4) is 5.75 Å². The number of nitrogens with zero attached hydrogens (tertiary/aromatic N) is 1. The molecule has 3 rings (SSSR count). The molecule has 5 nitrogen and oxygen atoms in total. The zero-order chi connectivity index (χ0) is 14.0. The summed E-state index contributed by atoms with van der Waals surface area (Å²) in [4.78, 5) is 2.40. The van der Waals surface area contributed by atoms with Gasteiger partial charge >= 0.3 is 0 Å². The van der Waals surface area contributed by atoms with Gasteiger partial charge in [-0.1, -0.05) is 0 Å². The van der Waals surface area contributed by atoms with E-state index in [9.17, 15) is 0 Å². The Balaban J connectivity index is 1.63. The molecule has 2 aliphatic heterocycles. The molecule has 0 radical (unpaired) electrons. The average molecular weight is 278 g/mol. The number of nitrogens with two attached hydrogens (primary N) is 1. The van der Waals surface area contributed by atoms with Gasteiger partial charge in [-0.05, 0) is 18.2 Å². The van der Waals surface area contributed by atoms with Crippen LogP contribution in [-0.4, -0.2) is 44.1 Å². The minimum Gasteiger partial charge on any atom is -0.496 e. The molecule has 0 saturated carbocycles. The summed E-state index contributed by atoms with van der Waals surface area (Å²) in [5.74, 6) is 0.587. The highest BCUT2D eigenvalue weighted by Gasteiger charge is 2.39. The van der Waals surface area contributed by atoms with Crippen molar-refractivity contribution in [3.05, 3.63) is 23.8 Å². The predicted molar refractivity (Wildman–Crippen MR) is 76.6 cm³/mol. The van der Waals surface area contributed by atoms with Gasteiger partial charge in [0.1, 0.15) is 5.75 Å². The number of hydrogen-bond donors (Lipinski definition) is 1. The molecule has 2 saturated heterocycles. The molecule has 110 valence electrons. The fourth-order valence-electron chi connectivity index (χ4n) is 3.00. The lowest BCUT2D eigenvalue weighted by atomic mass is 10.0. The number of benzene rings is 1. The first-order valence-corrected chi connectivity index (χ1v) is 7.13. The van der Waals surface area contributed by atoms with Crippen LogP contribution in [0.3, 0.4) is 0 Å². The minimum absolute atomic E-state index is 0.309. The minimum atomic E-state index is -0.309. The number of nitrogen functional groups attached to an aromatic ring is 1. The first-order chi connectivity index (χ1) is 9.71. The number of likely N-dealkylation sites (tertiary alicyclic amines) is 1. The maximum atomic E-state index is 5.87. The zero-order valence-electron chi connectivity index (χ0n) is 11.9. The van der Waals surface area contributed by atoms with Gasteiger partial charge in [0.25, 0.3) is 0 Å². The molecular formula is C15H22N2O3. The molecule has 1 spiro atoms. The Morgan fingerprint density at radius 1 is 1.25 bits per heavy atom. The Morgan fingerprint density at radius 3 is 2.60 bits per heavy atom. The summed E-state index contributed by atoms with van der Waals surface area (Å²) >= 11 is 0. The summed E-state index contributed by atoms with van der Waals surface area (Å²) in [6.07, 6.45) is 1.86. The second kappa shape index (κ2) is 5.60. The van der Waals surface area contributed by atoms with Gasteiger partial charge in [-0.25, -0.2) is 0 Å². The van der Waals surface area contributed by atoms with E-state index in [2.05, 4.69) is 4.90 Å². The third-order valence-electron chi connectivity index (χ3n) is 4.13. The maximum absolute atomic E-state index is 5.87. The van der Waals surface area contributed by atoms with Gasteiger partial charge in [-0.15, -0.1) is 0 Å². The molecule has 0 amide bonds. The maximum Gasteiger partial charge on any atom is 0.170 e. The summed E-state index contributed by atoms with van der Waals surface area (Å²) in [5, 5.41) is 0. The molecule has 1 aromatic carbocycles. The molecule has 2 N–H and O–H groups in total. The Kier molecular flexibility index (Phi) is 3.83. The molecule has 0 aromatic heterocycles. The zero-order valence-corrected chi connectivity index (χ0v) is 11.9. The summed E-state index contributed by atoms with van der Waals surface area (Å²) in [6, 6.07) is 5.79. The van der Waals surface area contributed by atoms with E-state index in [0.717, 1.165) is 62.7 Å². The number of rotatable bonds is 3. The van der Waals surface area contributed by atoms with E-state index in [1.807, 2.05) is 18.2 Å². The monoisotopic (exact) mass is 278 g/mol. The van der Waals surface area contributed by atoms with Crippen LogP contribution in [0.5, 0.6) is 5.75 Å². The number of anilines is 1. The summed E-state index contributed by atoms with van der Waals surface area (Å²) in [7, 11) is 1.69. The SMILES string of the molecule is COc1ccc(N)cc1CN1CCC2(CC1)OCCO2. The van der Waals surface area contributed by atoms with E-state index in [1.54, 1.807) is 7.11 Å². The first kappa shape index (κ1) is 13.7. The van der Waals surface area contributed by atoms with Crippen molar-refractivity contribution in [3.63, 3.8) is 0 Å². The van der Waals surface area contributed by atoms with E-state index in [0.29, 0.717) is 0 Å². The van der Waals surface area contributed by atoms with Crippen LogP contribution in [0.25, 0.3) is 0 Å². The fourth-order valence-corrected chi connectivity index (χ4v) is 3.00. The molecule has 2 heterocycles. The van der Waals surface area contributed by atoms with Gasteiger partial charge in [0.05, 0.1) is 20.3 Å². The van der Waals surface area contributed by atoms with Crippen molar-refractivity contribution >= 4 is 5.69 Å². The van der Waals surface area contributed by atoms with Crippen molar-refractivity contribution in [1.82, 2.24) is 4.90 Å². The van der Waals surface area contributed by atoms with Crippen LogP contribution < -0.4 is 10.5 Å². The molecule has 0 unspecified atom stereocenters. The molecular weight excluding hydrogens is 256 g/mol. The van der Waals surface area contributed by atoms with E-state index < -0.39 is 0 Å². The van der Waals surface area contributed by atoms with Crippen molar-refractivity contribution < 1.29 is 14.2 Å². The Bertz CT molecular complexity index is 462. The lowest BCUT2D eigenvalue weighted by molar-refractivity contribution is -0.185. The topological polar surface area (TPSA) is 57.0 Å². The third kappa shape index (κ3) is 2.75. The Labute approximate surface area is 119 Å². The number of piperidine rings is 1. The van der Waals surface area contributed by atoms with Crippen LogP contribution >= 0.6 is 0 Å². The van der Waals surface area contributed by atoms with Crippen LogP contribution in [0, 0.1) is 0 Å². The van der Waals surface area contributed by atoms with Crippen molar-refractivity contribution in [2.45, 2.75) is 25.2 Å². The van der Waals surface area contributed by atoms with E-state index >= 15 is 0 Å². The molecule has 0 aliphatic carbocycles. The first-order valence-electron chi connectivity index (χ1n) is 7.13. The van der Waals surface area contributed by atoms with Crippen LogP contribution in [0.4, 0.5) is 5.69 Å². The normalized spacial score (nSPS) is 22.2. The van der Waals surface area contributed by atoms with Gasteiger partial charge in [-0.3, -0.25) is 4.90 Å². The highest BCUT2D eigenvalue weighted by Crippen LogP contribution is 2.32. The third-order valence-corrected chi connectivity index (χ3v) is 4.13. The molecule has 0 atom stereocenters. The summed E-state index contributed by atoms with van der Waals surface area (Å²) < 4.78 is 16.9. The van der Waals surface area contributed by atoms with Gasteiger partial charge in [0.2, 0.25) is 0 Å². The van der Waals surface area contributed by atoms with Gasteiger partial charge in [0, 0.05) is 43.7 Å². The fraction of sp³-hybridized carbons (Fsp3) is 0.600. The molecule has 0 bridgehead atoms. The second-order valence-corrected chi connectivity index (χ2v) is 5.46. The lowest BCUT2D eigenvalue weighted by Gasteiger charge is -2.37. The number of methoxy groups -OCH3 is 1. The molecule has 1 aromatic rings. The molecule has 2 aliphatic rings. The van der Waals surface area contributed by atoms with Crippen LogP contribution in [-0.2, 0) is 16.0 Å². The quantitative estimate of drug-likeness (QED) is 0.851. The average Bonchev–Trinajstić information content (AvgIpc) is 2.90. The Morgan fingerprint density at radius 2 is 1.95 bits per heavy atom. The van der Waals surface area contributed by atoms with Crippen molar-refractivity contribution in [1.29, 1.82) is 0 Å². The van der Waals surface area contributed by atoms with Crippen LogP contribution in [0.2, 0.25) is 0 Å². The van der Waals surface area contributed by atoms with Gasteiger partial charge in [-0.2, -0.15) is 0 Å². The largest absolute Gasteiger partial charge is 0.496 e. The van der Waals surface area contributed by atoms with Crippen LogP contribution in [0.1, 0.15) is 18.4 Å². The highest BCUT2D eigenvalue weighted by molar-refractivity contribution is 5.47. The predicted octanol–water partition coefficient (Wildman–Crippen LogP) is 1.62. The lowest BCUT2D eigenvalue weighted by Crippen LogP contribution is -2.44. The smallest absolute Gasteiger partial charge is 0.170 e. The summed E-state index contributed by atoms with van der Waals surface area (Å²) in [6.45, 7) is 4.24. The van der Waals surface area contributed by atoms with E-state index in [4.69, 9.17) is 19.9 Å². The second-order valence-electron chi connectivity index (χ2n) is 5.46. The van der Waals surface area contributed by atoms with Crippen LogP contribution in [0.15, 0.2) is 18.2 Å². The number of ether oxygens (including phenoxy) is 3. The molecule has 5 heteroatoms. The molecule has 20 heavy (non-hydrogen) atoms. The number of hydrogen-bond acceptors (Lipinski definition) is 5. The standard InChI is InChI=1S/C15H22N2O3/c1-18-14-3-2-13(16)10-12(14)11-17-6-4-15(5-7-17)19-8-9-20-15/h2-3,10H,4-9,11,16H2,1H3. The highest BCUT2D eigenvalue weighted by atomic mass is 16.7. The van der Waals surface area contributed by atoms with E-state index in [1.165, 1.54) is 0 Å². The Hall–Kier alpha value is -1.30.